The third-order valence-corrected chi connectivity index (χ3v) is 2.49. The van der Waals surface area contributed by atoms with Gasteiger partial charge in [-0.15, -0.1) is 0 Å². The Morgan fingerprint density at radius 1 is 1.69 bits per heavy atom. The van der Waals surface area contributed by atoms with Crippen molar-refractivity contribution in [1.29, 1.82) is 0 Å². The number of ether oxygens (including phenoxy) is 1. The molecule has 5 heteroatoms. The molecule has 0 aliphatic carbocycles. The second kappa shape index (κ2) is 5.27. The minimum Gasteiger partial charge on any atom is -0.463 e. The maximum Gasteiger partial charge on any atom is 0.353 e. The van der Waals surface area contributed by atoms with Crippen molar-refractivity contribution in [1.82, 2.24) is 0 Å². The van der Waals surface area contributed by atoms with Crippen molar-refractivity contribution in [3.8, 4) is 0 Å². The van der Waals surface area contributed by atoms with Crippen molar-refractivity contribution in [2.75, 3.05) is 13.3 Å². The van der Waals surface area contributed by atoms with Crippen LogP contribution >= 0.6 is 0 Å². The highest BCUT2D eigenvalue weighted by Gasteiger charge is 2.43. The largest absolute Gasteiger partial charge is 0.463 e. The van der Waals surface area contributed by atoms with Gasteiger partial charge in [0.2, 0.25) is 5.60 Å². The maximum absolute atomic E-state index is 11.8. The minimum atomic E-state index is -1.03. The van der Waals surface area contributed by atoms with E-state index in [1.54, 1.807) is 6.92 Å². The van der Waals surface area contributed by atoms with Crippen molar-refractivity contribution >= 4 is 11.7 Å². The Bertz CT molecular complexity index is 291. The molecule has 0 amide bonds. The molecule has 1 rings (SSSR count). The van der Waals surface area contributed by atoms with E-state index in [1.165, 1.54) is 0 Å². The summed E-state index contributed by atoms with van der Waals surface area (Å²) < 4.78 is 16.8. The second-order valence-corrected chi connectivity index (χ2v) is 4.41. The number of carbonyl (C=O) groups excluding carboxylic acids is 1. The van der Waals surface area contributed by atoms with E-state index in [4.69, 9.17) is 9.57 Å². The molecule has 1 atom stereocenters. The first-order valence-electron chi connectivity index (χ1n) is 5.47. The van der Waals surface area contributed by atoms with Crippen LogP contribution < -0.4 is 0 Å². The SMILES string of the molecule is CC(C)C1=NOC(C)(C(=O)OCCCF)C1. The highest BCUT2D eigenvalue weighted by molar-refractivity contribution is 5.94. The van der Waals surface area contributed by atoms with Gasteiger partial charge in [0.1, 0.15) is 0 Å². The van der Waals surface area contributed by atoms with Crippen LogP contribution in [0.2, 0.25) is 0 Å². The monoisotopic (exact) mass is 231 g/mol. The summed E-state index contributed by atoms with van der Waals surface area (Å²) in [6.07, 6.45) is 0.666. The summed E-state index contributed by atoms with van der Waals surface area (Å²) >= 11 is 0. The molecule has 0 N–H and O–H groups in total. The van der Waals surface area contributed by atoms with E-state index in [9.17, 15) is 9.18 Å². The first-order valence-corrected chi connectivity index (χ1v) is 5.47. The second-order valence-electron chi connectivity index (χ2n) is 4.41. The molecule has 1 aliphatic heterocycles. The van der Waals surface area contributed by atoms with Gasteiger partial charge < -0.3 is 9.57 Å². The van der Waals surface area contributed by atoms with Gasteiger partial charge in [-0.1, -0.05) is 19.0 Å². The fourth-order valence-electron chi connectivity index (χ4n) is 1.36. The number of halogens is 1. The number of rotatable bonds is 5. The van der Waals surface area contributed by atoms with Crippen LogP contribution in [0.25, 0.3) is 0 Å². The molecule has 0 saturated carbocycles. The third kappa shape index (κ3) is 2.93. The first-order chi connectivity index (χ1) is 7.49. The molecular formula is C11H18FNO3. The van der Waals surface area contributed by atoms with Crippen LogP contribution in [0, 0.1) is 5.92 Å². The molecule has 0 spiro atoms. The van der Waals surface area contributed by atoms with E-state index in [0.29, 0.717) is 6.42 Å². The molecule has 0 bridgehead atoms. The van der Waals surface area contributed by atoms with Crippen LogP contribution in [0.3, 0.4) is 0 Å². The van der Waals surface area contributed by atoms with Gasteiger partial charge in [0, 0.05) is 12.8 Å². The summed E-state index contributed by atoms with van der Waals surface area (Å²) in [5.74, 6) is -0.221. The van der Waals surface area contributed by atoms with Gasteiger partial charge in [0.05, 0.1) is 19.0 Å². The maximum atomic E-state index is 11.8. The molecule has 0 aromatic heterocycles. The molecule has 1 heterocycles. The smallest absolute Gasteiger partial charge is 0.353 e. The van der Waals surface area contributed by atoms with Crippen molar-refractivity contribution in [3.05, 3.63) is 0 Å². The summed E-state index contributed by atoms with van der Waals surface area (Å²) in [4.78, 5) is 16.8. The summed E-state index contributed by atoms with van der Waals surface area (Å²) in [7, 11) is 0. The summed E-state index contributed by atoms with van der Waals surface area (Å²) in [6.45, 7) is 5.22. The normalized spacial score (nSPS) is 24.2. The quantitative estimate of drug-likeness (QED) is 0.537. The van der Waals surface area contributed by atoms with E-state index < -0.39 is 18.2 Å². The zero-order chi connectivity index (χ0) is 12.2. The van der Waals surface area contributed by atoms with Crippen LogP contribution in [0.15, 0.2) is 5.16 Å². The van der Waals surface area contributed by atoms with Gasteiger partial charge in [-0.2, -0.15) is 0 Å². The molecule has 0 fully saturated rings. The Morgan fingerprint density at radius 3 is 2.88 bits per heavy atom. The van der Waals surface area contributed by atoms with Crippen molar-refractivity contribution in [3.63, 3.8) is 0 Å². The van der Waals surface area contributed by atoms with Crippen molar-refractivity contribution < 1.29 is 18.8 Å². The third-order valence-electron chi connectivity index (χ3n) is 2.49. The highest BCUT2D eigenvalue weighted by atomic mass is 19.1. The van der Waals surface area contributed by atoms with Crippen LogP contribution in [0.4, 0.5) is 4.39 Å². The lowest BCUT2D eigenvalue weighted by Gasteiger charge is -2.19. The Labute approximate surface area is 94.8 Å². The number of esters is 1. The fraction of sp³-hybridized carbons (Fsp3) is 0.818. The minimum absolute atomic E-state index is 0.0886. The van der Waals surface area contributed by atoms with Crippen LogP contribution in [0.5, 0.6) is 0 Å². The molecule has 1 aliphatic rings. The van der Waals surface area contributed by atoms with Crippen LogP contribution in [-0.2, 0) is 14.4 Å². The van der Waals surface area contributed by atoms with Crippen LogP contribution in [0.1, 0.15) is 33.6 Å². The van der Waals surface area contributed by atoms with Crippen molar-refractivity contribution in [2.24, 2.45) is 11.1 Å². The average Bonchev–Trinajstić information content (AvgIpc) is 2.63. The summed E-state index contributed by atoms with van der Waals surface area (Å²) in [5.41, 5.74) is -0.180. The van der Waals surface area contributed by atoms with E-state index in [0.717, 1.165) is 5.71 Å². The molecule has 4 nitrogen and oxygen atoms in total. The zero-order valence-corrected chi connectivity index (χ0v) is 9.96. The Morgan fingerprint density at radius 2 is 2.38 bits per heavy atom. The first kappa shape index (κ1) is 12.9. The molecule has 0 saturated heterocycles. The molecule has 0 aromatic rings. The lowest BCUT2D eigenvalue weighted by atomic mass is 9.94. The fourth-order valence-corrected chi connectivity index (χ4v) is 1.36. The van der Waals surface area contributed by atoms with Gasteiger partial charge >= 0.3 is 5.97 Å². The number of hydrogen-bond acceptors (Lipinski definition) is 4. The number of alkyl halides is 1. The van der Waals surface area contributed by atoms with Gasteiger partial charge in [0.25, 0.3) is 0 Å². The van der Waals surface area contributed by atoms with Gasteiger partial charge in [-0.25, -0.2) is 4.79 Å². The van der Waals surface area contributed by atoms with Crippen LogP contribution in [-0.4, -0.2) is 30.6 Å². The molecule has 16 heavy (non-hydrogen) atoms. The molecule has 0 radical (unpaired) electrons. The van der Waals surface area contributed by atoms with E-state index in [-0.39, 0.29) is 18.9 Å². The van der Waals surface area contributed by atoms with E-state index in [1.807, 2.05) is 13.8 Å². The number of hydrogen-bond donors (Lipinski definition) is 0. The van der Waals surface area contributed by atoms with Gasteiger partial charge in [-0.05, 0) is 12.8 Å². The van der Waals surface area contributed by atoms with Gasteiger partial charge in [-0.3, -0.25) is 4.39 Å². The van der Waals surface area contributed by atoms with E-state index >= 15 is 0 Å². The summed E-state index contributed by atoms with van der Waals surface area (Å²) in [5, 5.41) is 3.88. The lowest BCUT2D eigenvalue weighted by molar-refractivity contribution is -0.167. The van der Waals surface area contributed by atoms with Crippen molar-refractivity contribution in [2.45, 2.75) is 39.2 Å². The Balaban J connectivity index is 2.46. The molecule has 1 unspecified atom stereocenters. The number of nitrogens with zero attached hydrogens (tertiary/aromatic N) is 1. The topological polar surface area (TPSA) is 47.9 Å². The molecular weight excluding hydrogens is 213 g/mol. The standard InChI is InChI=1S/C11H18FNO3/c1-8(2)9-7-11(3,16-13-9)10(14)15-6-4-5-12/h8H,4-7H2,1-3H3. The number of oxime groups is 1. The summed E-state index contributed by atoms with van der Waals surface area (Å²) in [6, 6.07) is 0. The molecule has 92 valence electrons. The molecule has 0 aromatic carbocycles. The lowest BCUT2D eigenvalue weighted by Crippen LogP contribution is -2.37. The van der Waals surface area contributed by atoms with Gasteiger partial charge in [0.15, 0.2) is 0 Å². The highest BCUT2D eigenvalue weighted by Crippen LogP contribution is 2.27. The Kier molecular flexibility index (Phi) is 4.26. The Hall–Kier alpha value is -1.13. The zero-order valence-electron chi connectivity index (χ0n) is 9.96. The predicted molar refractivity (Wildman–Crippen MR) is 57.9 cm³/mol. The predicted octanol–water partition coefficient (Wildman–Crippen LogP) is 2.08. The van der Waals surface area contributed by atoms with E-state index in [2.05, 4.69) is 5.16 Å². The average molecular weight is 231 g/mol. The number of carbonyl (C=O) groups is 1.